The van der Waals surface area contributed by atoms with Gasteiger partial charge in [0.2, 0.25) is 0 Å². The maximum Gasteiger partial charge on any atom is 0.0707 e. The van der Waals surface area contributed by atoms with E-state index in [4.69, 9.17) is 5.73 Å². The Morgan fingerprint density at radius 1 is 1.19 bits per heavy atom. The lowest BCUT2D eigenvalue weighted by Gasteiger charge is -2.18. The second kappa shape index (κ2) is 3.87. The van der Waals surface area contributed by atoms with Crippen LogP contribution in [0.15, 0.2) is 30.3 Å². The molecular weight excluding hydrogens is 196 g/mol. The summed E-state index contributed by atoms with van der Waals surface area (Å²) in [5.41, 5.74) is 9.21. The molecule has 2 heteroatoms. The summed E-state index contributed by atoms with van der Waals surface area (Å²) in [6.07, 6.45) is 0.874. The summed E-state index contributed by atoms with van der Waals surface area (Å²) in [5.74, 6) is 0. The van der Waals surface area contributed by atoms with Gasteiger partial charge >= 0.3 is 0 Å². The van der Waals surface area contributed by atoms with Gasteiger partial charge in [-0.1, -0.05) is 18.2 Å². The topological polar surface area (TPSA) is 38.9 Å². The Balaban J connectivity index is 2.43. The second-order valence-electron chi connectivity index (χ2n) is 5.15. The third-order valence-corrected chi connectivity index (χ3v) is 2.56. The molecular formula is C14H18N2. The summed E-state index contributed by atoms with van der Waals surface area (Å²) in [7, 11) is 0. The molecule has 0 radical (unpaired) electrons. The van der Waals surface area contributed by atoms with Crippen LogP contribution in [0.1, 0.15) is 25.1 Å². The number of fused-ring (bicyclic) bond motifs is 1. The molecule has 0 unspecified atom stereocenters. The fourth-order valence-corrected chi connectivity index (χ4v) is 1.90. The molecule has 1 aromatic heterocycles. The Morgan fingerprint density at radius 2 is 1.88 bits per heavy atom. The molecule has 0 saturated heterocycles. The van der Waals surface area contributed by atoms with E-state index < -0.39 is 0 Å². The normalized spacial score (nSPS) is 12.0. The van der Waals surface area contributed by atoms with Crippen molar-refractivity contribution in [3.05, 3.63) is 41.6 Å². The van der Waals surface area contributed by atoms with Crippen LogP contribution in [0, 0.1) is 6.92 Å². The lowest BCUT2D eigenvalue weighted by atomic mass is 9.95. The Hall–Kier alpha value is -1.41. The van der Waals surface area contributed by atoms with Crippen LogP contribution in [0.2, 0.25) is 0 Å². The fraction of sp³-hybridized carbons (Fsp3) is 0.357. The summed E-state index contributed by atoms with van der Waals surface area (Å²) in [6, 6.07) is 10.5. The van der Waals surface area contributed by atoms with E-state index in [-0.39, 0.29) is 5.54 Å². The summed E-state index contributed by atoms with van der Waals surface area (Å²) in [4.78, 5) is 4.53. The van der Waals surface area contributed by atoms with E-state index in [1.54, 1.807) is 0 Å². The molecule has 84 valence electrons. The highest BCUT2D eigenvalue weighted by Gasteiger charge is 2.11. The van der Waals surface area contributed by atoms with Crippen LogP contribution in [0.5, 0.6) is 0 Å². The van der Waals surface area contributed by atoms with Crippen molar-refractivity contribution in [2.75, 3.05) is 0 Å². The van der Waals surface area contributed by atoms with Gasteiger partial charge < -0.3 is 5.73 Å². The third-order valence-electron chi connectivity index (χ3n) is 2.56. The first-order chi connectivity index (χ1) is 7.44. The number of aromatic nitrogens is 1. The Morgan fingerprint density at radius 3 is 2.56 bits per heavy atom. The number of rotatable bonds is 2. The zero-order chi connectivity index (χ0) is 11.8. The second-order valence-corrected chi connectivity index (χ2v) is 5.15. The molecule has 0 aliphatic heterocycles. The highest BCUT2D eigenvalue weighted by Crippen LogP contribution is 2.17. The molecule has 0 aliphatic carbocycles. The van der Waals surface area contributed by atoms with Crippen molar-refractivity contribution in [2.45, 2.75) is 32.7 Å². The maximum atomic E-state index is 6.02. The highest BCUT2D eigenvalue weighted by molar-refractivity contribution is 5.79. The summed E-state index contributed by atoms with van der Waals surface area (Å²) >= 11 is 0. The van der Waals surface area contributed by atoms with Gasteiger partial charge in [0, 0.05) is 16.6 Å². The van der Waals surface area contributed by atoms with Gasteiger partial charge in [0.1, 0.15) is 0 Å². The van der Waals surface area contributed by atoms with Crippen molar-refractivity contribution < 1.29 is 0 Å². The van der Waals surface area contributed by atoms with Gasteiger partial charge in [-0.3, -0.25) is 4.98 Å². The van der Waals surface area contributed by atoms with Gasteiger partial charge in [0.25, 0.3) is 0 Å². The van der Waals surface area contributed by atoms with Crippen molar-refractivity contribution in [1.29, 1.82) is 0 Å². The Labute approximate surface area is 96.5 Å². The van der Waals surface area contributed by atoms with Crippen molar-refractivity contribution in [3.8, 4) is 0 Å². The SMILES string of the molecule is Cc1ccc2ccc(CC(C)(C)N)cc2n1. The molecule has 0 spiro atoms. The largest absolute Gasteiger partial charge is 0.325 e. The van der Waals surface area contributed by atoms with E-state index in [1.807, 2.05) is 26.8 Å². The molecule has 0 atom stereocenters. The van der Waals surface area contributed by atoms with Gasteiger partial charge in [-0.2, -0.15) is 0 Å². The van der Waals surface area contributed by atoms with E-state index in [9.17, 15) is 0 Å². The molecule has 0 saturated carbocycles. The molecule has 2 aromatic rings. The Kier molecular flexibility index (Phi) is 2.68. The first kappa shape index (κ1) is 11.1. The van der Waals surface area contributed by atoms with Gasteiger partial charge in [-0.15, -0.1) is 0 Å². The van der Waals surface area contributed by atoms with Gasteiger partial charge in [0.15, 0.2) is 0 Å². The predicted molar refractivity (Wildman–Crippen MR) is 68.5 cm³/mol. The van der Waals surface area contributed by atoms with Crippen LogP contribution >= 0.6 is 0 Å². The standard InChI is InChI=1S/C14H18N2/c1-10-4-6-12-7-5-11(8-13(12)16-10)9-14(2,3)15/h4-8H,9,15H2,1-3H3. The van der Waals surface area contributed by atoms with E-state index >= 15 is 0 Å². The quantitative estimate of drug-likeness (QED) is 0.835. The molecule has 0 aliphatic rings. The maximum absolute atomic E-state index is 6.02. The van der Waals surface area contributed by atoms with Crippen LogP contribution in [-0.4, -0.2) is 10.5 Å². The number of benzene rings is 1. The average Bonchev–Trinajstić information content (AvgIpc) is 2.14. The van der Waals surface area contributed by atoms with Crippen molar-refractivity contribution in [2.24, 2.45) is 5.73 Å². The van der Waals surface area contributed by atoms with Crippen LogP contribution in [-0.2, 0) is 6.42 Å². The lowest BCUT2D eigenvalue weighted by Crippen LogP contribution is -2.34. The van der Waals surface area contributed by atoms with Crippen molar-refractivity contribution in [3.63, 3.8) is 0 Å². The smallest absolute Gasteiger partial charge is 0.0707 e. The predicted octanol–water partition coefficient (Wildman–Crippen LogP) is 2.82. The van der Waals surface area contributed by atoms with Crippen molar-refractivity contribution in [1.82, 2.24) is 4.98 Å². The number of nitrogens with two attached hydrogens (primary N) is 1. The number of nitrogens with zero attached hydrogens (tertiary/aromatic N) is 1. The molecule has 2 nitrogen and oxygen atoms in total. The third kappa shape index (κ3) is 2.58. The monoisotopic (exact) mass is 214 g/mol. The van der Waals surface area contributed by atoms with E-state index in [0.29, 0.717) is 0 Å². The molecule has 2 N–H and O–H groups in total. The van der Waals surface area contributed by atoms with Crippen molar-refractivity contribution >= 4 is 10.9 Å². The Bertz CT molecular complexity index is 510. The van der Waals surface area contributed by atoms with Gasteiger partial charge in [-0.05, 0) is 44.9 Å². The number of hydrogen-bond donors (Lipinski definition) is 1. The van der Waals surface area contributed by atoms with Gasteiger partial charge in [-0.25, -0.2) is 0 Å². The van der Waals surface area contributed by atoms with Crippen LogP contribution in [0.25, 0.3) is 10.9 Å². The summed E-state index contributed by atoms with van der Waals surface area (Å²) < 4.78 is 0. The molecule has 0 fully saturated rings. The van der Waals surface area contributed by atoms with Crippen LogP contribution in [0.3, 0.4) is 0 Å². The average molecular weight is 214 g/mol. The molecule has 2 rings (SSSR count). The number of hydrogen-bond acceptors (Lipinski definition) is 2. The molecule has 1 heterocycles. The summed E-state index contributed by atoms with van der Waals surface area (Å²) in [6.45, 7) is 6.10. The first-order valence-corrected chi connectivity index (χ1v) is 5.59. The molecule has 0 bridgehead atoms. The molecule has 0 amide bonds. The zero-order valence-corrected chi connectivity index (χ0v) is 10.1. The highest BCUT2D eigenvalue weighted by atomic mass is 14.7. The minimum Gasteiger partial charge on any atom is -0.325 e. The zero-order valence-electron chi connectivity index (χ0n) is 10.1. The number of aryl methyl sites for hydroxylation is 1. The first-order valence-electron chi connectivity index (χ1n) is 5.59. The van der Waals surface area contributed by atoms with Gasteiger partial charge in [0.05, 0.1) is 5.52 Å². The van der Waals surface area contributed by atoms with E-state index in [1.165, 1.54) is 10.9 Å². The minimum atomic E-state index is -0.169. The lowest BCUT2D eigenvalue weighted by molar-refractivity contribution is 0.517. The fourth-order valence-electron chi connectivity index (χ4n) is 1.90. The molecule has 16 heavy (non-hydrogen) atoms. The molecule has 1 aromatic carbocycles. The van der Waals surface area contributed by atoms with Crippen LogP contribution < -0.4 is 5.73 Å². The van der Waals surface area contributed by atoms with E-state index in [2.05, 4.69) is 29.2 Å². The number of pyridine rings is 1. The minimum absolute atomic E-state index is 0.169. The van der Waals surface area contributed by atoms with E-state index in [0.717, 1.165) is 17.6 Å². The van der Waals surface area contributed by atoms with Crippen LogP contribution in [0.4, 0.5) is 0 Å². The summed E-state index contributed by atoms with van der Waals surface area (Å²) in [5, 5.41) is 1.18.